The lowest BCUT2D eigenvalue weighted by Gasteiger charge is -1.99. The van der Waals surface area contributed by atoms with Crippen molar-refractivity contribution in [1.82, 2.24) is 9.78 Å². The third kappa shape index (κ3) is 1.22. The summed E-state index contributed by atoms with van der Waals surface area (Å²) in [7, 11) is 1.95. The summed E-state index contributed by atoms with van der Waals surface area (Å²) in [6.45, 7) is 4.05. The number of aryl methyl sites for hydroxylation is 3. The van der Waals surface area contributed by atoms with E-state index in [1.54, 1.807) is 0 Å². The molecule has 0 fully saturated rings. The van der Waals surface area contributed by atoms with Crippen molar-refractivity contribution in [2.45, 2.75) is 13.8 Å². The van der Waals surface area contributed by atoms with Gasteiger partial charge in [0.1, 0.15) is 0 Å². The van der Waals surface area contributed by atoms with Crippen LogP contribution in [0.1, 0.15) is 11.3 Å². The number of benzene rings is 1. The molecule has 1 heterocycles. The molecule has 1 aromatic carbocycles. The molecular weight excluding hydrogens is 184 g/mol. The first-order valence-corrected chi connectivity index (χ1v) is 4.57. The molecule has 0 aliphatic rings. The Morgan fingerprint density at radius 1 is 1.31 bits per heavy atom. The van der Waals surface area contributed by atoms with Gasteiger partial charge in [-0.2, -0.15) is 5.10 Å². The lowest BCUT2D eigenvalue weighted by atomic mass is 10.1. The van der Waals surface area contributed by atoms with E-state index < -0.39 is 0 Å². The molecule has 0 aliphatic heterocycles. The van der Waals surface area contributed by atoms with Crippen molar-refractivity contribution in [2.75, 3.05) is 0 Å². The predicted octanol–water partition coefficient (Wildman–Crippen LogP) is 2.84. The Labute approximate surface area is 82.1 Å². The molecule has 3 heteroatoms. The molecular formula is C10H11ClN2. The first-order chi connectivity index (χ1) is 6.09. The molecule has 13 heavy (non-hydrogen) atoms. The van der Waals surface area contributed by atoms with Gasteiger partial charge < -0.3 is 0 Å². The fourth-order valence-electron chi connectivity index (χ4n) is 1.77. The smallest absolute Gasteiger partial charge is 0.0712 e. The minimum atomic E-state index is 0.779. The Morgan fingerprint density at radius 2 is 2.00 bits per heavy atom. The van der Waals surface area contributed by atoms with E-state index in [2.05, 4.69) is 12.0 Å². The number of hydrogen-bond donors (Lipinski definition) is 0. The maximum atomic E-state index is 5.97. The molecule has 1 aromatic heterocycles. The monoisotopic (exact) mass is 194 g/mol. The molecule has 0 saturated heterocycles. The molecule has 0 radical (unpaired) electrons. The molecule has 2 rings (SSSR count). The van der Waals surface area contributed by atoms with Gasteiger partial charge in [0.05, 0.1) is 11.2 Å². The molecule has 0 aliphatic carbocycles. The Kier molecular flexibility index (Phi) is 1.81. The second kappa shape index (κ2) is 2.74. The van der Waals surface area contributed by atoms with E-state index in [1.165, 1.54) is 11.1 Å². The Morgan fingerprint density at radius 3 is 2.69 bits per heavy atom. The number of rotatable bonds is 0. The van der Waals surface area contributed by atoms with Crippen LogP contribution in [0.3, 0.4) is 0 Å². The SMILES string of the molecule is Cc1nn(C)c2c(C)cc(Cl)cc12. The van der Waals surface area contributed by atoms with Gasteiger partial charge >= 0.3 is 0 Å². The molecule has 0 N–H and O–H groups in total. The second-order valence-corrected chi connectivity index (χ2v) is 3.76. The minimum Gasteiger partial charge on any atom is -0.267 e. The van der Waals surface area contributed by atoms with Crippen LogP contribution in [0.15, 0.2) is 12.1 Å². The Balaban J connectivity index is 2.97. The molecule has 0 amide bonds. The van der Waals surface area contributed by atoms with Gasteiger partial charge in [-0.3, -0.25) is 4.68 Å². The van der Waals surface area contributed by atoms with Crippen molar-refractivity contribution < 1.29 is 0 Å². The zero-order valence-corrected chi connectivity index (χ0v) is 8.68. The number of hydrogen-bond acceptors (Lipinski definition) is 1. The van der Waals surface area contributed by atoms with Gasteiger partial charge in [0.2, 0.25) is 0 Å². The quantitative estimate of drug-likeness (QED) is 0.631. The van der Waals surface area contributed by atoms with Crippen LogP contribution in [0.5, 0.6) is 0 Å². The predicted molar refractivity (Wildman–Crippen MR) is 55.2 cm³/mol. The Hall–Kier alpha value is -1.02. The van der Waals surface area contributed by atoms with E-state index in [0.29, 0.717) is 0 Å². The van der Waals surface area contributed by atoms with E-state index in [4.69, 9.17) is 11.6 Å². The van der Waals surface area contributed by atoms with E-state index in [-0.39, 0.29) is 0 Å². The summed E-state index contributed by atoms with van der Waals surface area (Å²) < 4.78 is 1.90. The Bertz CT molecular complexity index is 471. The van der Waals surface area contributed by atoms with Crippen LogP contribution in [0.25, 0.3) is 10.9 Å². The number of fused-ring (bicyclic) bond motifs is 1. The standard InChI is InChI=1S/C10H11ClN2/c1-6-4-8(11)5-9-7(2)12-13(3)10(6)9/h4-5H,1-3H3. The largest absolute Gasteiger partial charge is 0.267 e. The summed E-state index contributed by atoms with van der Waals surface area (Å²) in [5, 5.41) is 6.27. The highest BCUT2D eigenvalue weighted by atomic mass is 35.5. The minimum absolute atomic E-state index is 0.779. The molecule has 0 unspecified atom stereocenters. The fourth-order valence-corrected chi connectivity index (χ4v) is 2.04. The van der Waals surface area contributed by atoms with Crippen LogP contribution in [-0.4, -0.2) is 9.78 Å². The van der Waals surface area contributed by atoms with Gasteiger partial charge in [-0.25, -0.2) is 0 Å². The van der Waals surface area contributed by atoms with Gasteiger partial charge in [-0.15, -0.1) is 0 Å². The van der Waals surface area contributed by atoms with Gasteiger partial charge in [-0.1, -0.05) is 11.6 Å². The van der Waals surface area contributed by atoms with Crippen molar-refractivity contribution >= 4 is 22.5 Å². The lowest BCUT2D eigenvalue weighted by molar-refractivity contribution is 0.781. The highest BCUT2D eigenvalue weighted by molar-refractivity contribution is 6.31. The van der Waals surface area contributed by atoms with E-state index in [0.717, 1.165) is 16.1 Å². The zero-order valence-electron chi connectivity index (χ0n) is 7.93. The van der Waals surface area contributed by atoms with Crippen LogP contribution in [0.4, 0.5) is 0 Å². The van der Waals surface area contributed by atoms with Crippen molar-refractivity contribution in [3.05, 3.63) is 28.4 Å². The van der Waals surface area contributed by atoms with Crippen LogP contribution in [-0.2, 0) is 7.05 Å². The van der Waals surface area contributed by atoms with E-state index in [1.807, 2.05) is 30.8 Å². The van der Waals surface area contributed by atoms with Crippen molar-refractivity contribution in [3.63, 3.8) is 0 Å². The highest BCUT2D eigenvalue weighted by Crippen LogP contribution is 2.25. The second-order valence-electron chi connectivity index (χ2n) is 3.33. The first kappa shape index (κ1) is 8.57. The van der Waals surface area contributed by atoms with Gasteiger partial charge in [0.15, 0.2) is 0 Å². The third-order valence-corrected chi connectivity index (χ3v) is 2.50. The summed E-state index contributed by atoms with van der Waals surface area (Å²) in [5.41, 5.74) is 3.37. The molecule has 0 saturated carbocycles. The van der Waals surface area contributed by atoms with Crippen molar-refractivity contribution in [2.24, 2.45) is 7.05 Å². The summed E-state index contributed by atoms with van der Waals surface area (Å²) in [5.74, 6) is 0. The summed E-state index contributed by atoms with van der Waals surface area (Å²) in [4.78, 5) is 0. The van der Waals surface area contributed by atoms with Crippen molar-refractivity contribution in [3.8, 4) is 0 Å². The van der Waals surface area contributed by atoms with Crippen LogP contribution in [0.2, 0.25) is 5.02 Å². The summed E-state index contributed by atoms with van der Waals surface area (Å²) in [6, 6.07) is 3.93. The first-order valence-electron chi connectivity index (χ1n) is 4.19. The molecule has 68 valence electrons. The molecule has 2 aromatic rings. The highest BCUT2D eigenvalue weighted by Gasteiger charge is 2.07. The third-order valence-electron chi connectivity index (χ3n) is 2.28. The van der Waals surface area contributed by atoms with Gasteiger partial charge in [0, 0.05) is 17.5 Å². The summed E-state index contributed by atoms with van der Waals surface area (Å²) >= 11 is 5.97. The van der Waals surface area contributed by atoms with Gasteiger partial charge in [0.25, 0.3) is 0 Å². The maximum Gasteiger partial charge on any atom is 0.0712 e. The molecule has 0 atom stereocenters. The van der Waals surface area contributed by atoms with Crippen LogP contribution < -0.4 is 0 Å². The van der Waals surface area contributed by atoms with Gasteiger partial charge in [-0.05, 0) is 31.5 Å². The molecule has 0 bridgehead atoms. The summed E-state index contributed by atoms with van der Waals surface area (Å²) in [6.07, 6.45) is 0. The fraction of sp³-hybridized carbons (Fsp3) is 0.300. The topological polar surface area (TPSA) is 17.8 Å². The van der Waals surface area contributed by atoms with Crippen LogP contribution in [0, 0.1) is 13.8 Å². The average molecular weight is 195 g/mol. The molecule has 0 spiro atoms. The van der Waals surface area contributed by atoms with Crippen LogP contribution >= 0.6 is 11.6 Å². The molecule has 2 nitrogen and oxygen atoms in total. The zero-order chi connectivity index (χ0) is 9.59. The van der Waals surface area contributed by atoms with E-state index >= 15 is 0 Å². The number of aromatic nitrogens is 2. The maximum absolute atomic E-state index is 5.97. The number of nitrogens with zero attached hydrogens (tertiary/aromatic N) is 2. The van der Waals surface area contributed by atoms with E-state index in [9.17, 15) is 0 Å². The number of halogens is 1. The lowest BCUT2D eigenvalue weighted by Crippen LogP contribution is -1.91. The normalized spacial score (nSPS) is 11.1. The average Bonchev–Trinajstić information content (AvgIpc) is 2.27. The van der Waals surface area contributed by atoms with Crippen molar-refractivity contribution in [1.29, 1.82) is 0 Å².